The highest BCUT2D eigenvalue weighted by Crippen LogP contribution is 2.25. The SMILES string of the molecule is CCC(Sc1nc(CSC(C)C)cc(=O)[nH]1)C(=O)Nc1ccc(F)c(F)c1F. The first-order valence-corrected chi connectivity index (χ1v) is 10.5. The summed E-state index contributed by atoms with van der Waals surface area (Å²) in [5.41, 5.74) is -0.197. The standard InChI is InChI=1S/C18H20F3N3O2S2/c1-4-13(17(26)23-12-6-5-11(19)15(20)16(12)21)28-18-22-10(7-14(25)24-18)8-27-9(2)3/h5-7,9,13H,4,8H2,1-3H3,(H,23,26)(H,22,24,25). The van der Waals surface area contributed by atoms with E-state index in [-0.39, 0.29) is 10.7 Å². The van der Waals surface area contributed by atoms with E-state index in [2.05, 4.69) is 15.3 Å². The number of hydrogen-bond acceptors (Lipinski definition) is 5. The van der Waals surface area contributed by atoms with Gasteiger partial charge in [-0.05, 0) is 23.8 Å². The Bertz CT molecular complexity index is 906. The van der Waals surface area contributed by atoms with Gasteiger partial charge in [-0.15, -0.1) is 0 Å². The summed E-state index contributed by atoms with van der Waals surface area (Å²) in [5.74, 6) is -4.51. The molecular formula is C18H20F3N3O2S2. The highest BCUT2D eigenvalue weighted by atomic mass is 32.2. The Labute approximate surface area is 168 Å². The number of thioether (sulfide) groups is 2. The summed E-state index contributed by atoms with van der Waals surface area (Å²) in [6.07, 6.45) is 0.344. The predicted molar refractivity (Wildman–Crippen MR) is 106 cm³/mol. The van der Waals surface area contributed by atoms with E-state index in [1.165, 1.54) is 6.07 Å². The fourth-order valence-corrected chi connectivity index (χ4v) is 3.74. The van der Waals surface area contributed by atoms with E-state index in [9.17, 15) is 22.8 Å². The molecule has 0 radical (unpaired) electrons. The lowest BCUT2D eigenvalue weighted by Crippen LogP contribution is -2.26. The van der Waals surface area contributed by atoms with Crippen molar-refractivity contribution in [1.82, 2.24) is 9.97 Å². The van der Waals surface area contributed by atoms with Gasteiger partial charge in [-0.1, -0.05) is 32.5 Å². The van der Waals surface area contributed by atoms with Crippen LogP contribution in [0.4, 0.5) is 18.9 Å². The van der Waals surface area contributed by atoms with Crippen LogP contribution in [0.3, 0.4) is 0 Å². The molecule has 1 aromatic carbocycles. The molecule has 0 aliphatic heterocycles. The maximum Gasteiger partial charge on any atom is 0.251 e. The van der Waals surface area contributed by atoms with Crippen LogP contribution in [0.2, 0.25) is 0 Å². The largest absolute Gasteiger partial charge is 0.323 e. The summed E-state index contributed by atoms with van der Waals surface area (Å²) < 4.78 is 40.1. The summed E-state index contributed by atoms with van der Waals surface area (Å²) in [6, 6.07) is 3.08. The molecule has 152 valence electrons. The lowest BCUT2D eigenvalue weighted by molar-refractivity contribution is -0.115. The number of anilines is 1. The normalized spacial score (nSPS) is 12.2. The van der Waals surface area contributed by atoms with E-state index in [1.54, 1.807) is 18.7 Å². The number of carbonyl (C=O) groups excluding carboxylic acids is 1. The number of aromatic amines is 1. The zero-order valence-electron chi connectivity index (χ0n) is 15.5. The zero-order valence-corrected chi connectivity index (χ0v) is 17.1. The van der Waals surface area contributed by atoms with Gasteiger partial charge in [0.25, 0.3) is 5.56 Å². The van der Waals surface area contributed by atoms with Crippen molar-refractivity contribution in [1.29, 1.82) is 0 Å². The summed E-state index contributed by atoms with van der Waals surface area (Å²) in [7, 11) is 0. The van der Waals surface area contributed by atoms with E-state index < -0.39 is 34.3 Å². The molecule has 10 heteroatoms. The van der Waals surface area contributed by atoms with Crippen molar-refractivity contribution in [2.45, 2.75) is 48.6 Å². The molecule has 2 rings (SSSR count). The lowest BCUT2D eigenvalue weighted by Gasteiger charge is -2.15. The fraction of sp³-hybridized carbons (Fsp3) is 0.389. The molecule has 1 amide bonds. The summed E-state index contributed by atoms with van der Waals surface area (Å²) in [5, 5.41) is 2.17. The second kappa shape index (κ2) is 10.0. The maximum absolute atomic E-state index is 13.8. The van der Waals surface area contributed by atoms with Crippen LogP contribution in [0.5, 0.6) is 0 Å². The first-order chi connectivity index (χ1) is 13.2. The first kappa shape index (κ1) is 22.4. The summed E-state index contributed by atoms with van der Waals surface area (Å²) in [4.78, 5) is 31.2. The number of carbonyl (C=O) groups is 1. The van der Waals surface area contributed by atoms with Crippen molar-refractivity contribution < 1.29 is 18.0 Å². The minimum absolute atomic E-state index is 0.264. The number of halogens is 3. The number of rotatable bonds is 8. The highest BCUT2D eigenvalue weighted by molar-refractivity contribution is 8.00. The highest BCUT2D eigenvalue weighted by Gasteiger charge is 2.22. The van der Waals surface area contributed by atoms with E-state index >= 15 is 0 Å². The second-order valence-corrected chi connectivity index (χ2v) is 8.88. The van der Waals surface area contributed by atoms with Gasteiger partial charge in [-0.25, -0.2) is 18.2 Å². The third kappa shape index (κ3) is 6.03. The van der Waals surface area contributed by atoms with Crippen LogP contribution < -0.4 is 10.9 Å². The molecule has 0 fully saturated rings. The average Bonchev–Trinajstić information content (AvgIpc) is 2.64. The van der Waals surface area contributed by atoms with Gasteiger partial charge < -0.3 is 10.3 Å². The Morgan fingerprint density at radius 2 is 1.96 bits per heavy atom. The van der Waals surface area contributed by atoms with Crippen LogP contribution in [-0.4, -0.2) is 26.4 Å². The van der Waals surface area contributed by atoms with Crippen molar-refractivity contribution in [2.75, 3.05) is 5.32 Å². The van der Waals surface area contributed by atoms with Crippen LogP contribution in [0.1, 0.15) is 32.9 Å². The molecule has 0 aliphatic rings. The molecule has 0 spiro atoms. The molecule has 0 bridgehead atoms. The molecule has 1 atom stereocenters. The number of nitrogens with one attached hydrogen (secondary N) is 2. The smallest absolute Gasteiger partial charge is 0.251 e. The Kier molecular flexibility index (Phi) is 7.99. The van der Waals surface area contributed by atoms with Crippen molar-refractivity contribution >= 4 is 35.1 Å². The van der Waals surface area contributed by atoms with Crippen molar-refractivity contribution in [3.05, 3.63) is 51.7 Å². The van der Waals surface area contributed by atoms with Crippen molar-refractivity contribution in [2.24, 2.45) is 0 Å². The number of amides is 1. The van der Waals surface area contributed by atoms with Gasteiger partial charge in [0.2, 0.25) is 5.91 Å². The van der Waals surface area contributed by atoms with Gasteiger partial charge in [0.15, 0.2) is 22.6 Å². The molecule has 1 unspecified atom stereocenters. The second-order valence-electron chi connectivity index (χ2n) is 6.13. The van der Waals surface area contributed by atoms with Crippen LogP contribution in [-0.2, 0) is 10.5 Å². The van der Waals surface area contributed by atoms with Crippen LogP contribution in [0.25, 0.3) is 0 Å². The maximum atomic E-state index is 13.8. The molecule has 1 heterocycles. The number of aromatic nitrogens is 2. The van der Waals surface area contributed by atoms with E-state index in [0.29, 0.717) is 23.1 Å². The molecule has 0 saturated heterocycles. The van der Waals surface area contributed by atoms with Crippen LogP contribution in [0.15, 0.2) is 28.2 Å². The molecule has 0 saturated carbocycles. The summed E-state index contributed by atoms with van der Waals surface area (Å²) >= 11 is 2.64. The lowest BCUT2D eigenvalue weighted by atomic mass is 10.2. The van der Waals surface area contributed by atoms with E-state index in [0.717, 1.165) is 23.9 Å². The molecule has 2 N–H and O–H groups in total. The Balaban J connectivity index is 2.14. The number of nitrogens with zero attached hydrogens (tertiary/aromatic N) is 1. The van der Waals surface area contributed by atoms with E-state index in [1.807, 2.05) is 13.8 Å². The Morgan fingerprint density at radius 1 is 1.25 bits per heavy atom. The van der Waals surface area contributed by atoms with Crippen LogP contribution in [0, 0.1) is 17.5 Å². The molecule has 2 aromatic rings. The topological polar surface area (TPSA) is 74.8 Å². The minimum atomic E-state index is -1.65. The Morgan fingerprint density at radius 3 is 2.61 bits per heavy atom. The molecule has 5 nitrogen and oxygen atoms in total. The quantitative estimate of drug-likeness (QED) is 0.370. The third-order valence-electron chi connectivity index (χ3n) is 3.55. The molecular weight excluding hydrogens is 411 g/mol. The number of benzene rings is 1. The van der Waals surface area contributed by atoms with Gasteiger partial charge in [-0.3, -0.25) is 9.59 Å². The first-order valence-electron chi connectivity index (χ1n) is 8.54. The zero-order chi connectivity index (χ0) is 20.8. The number of hydrogen-bond donors (Lipinski definition) is 2. The van der Waals surface area contributed by atoms with E-state index in [4.69, 9.17) is 0 Å². The van der Waals surface area contributed by atoms with Gasteiger partial charge >= 0.3 is 0 Å². The van der Waals surface area contributed by atoms with Crippen LogP contribution >= 0.6 is 23.5 Å². The molecule has 28 heavy (non-hydrogen) atoms. The molecule has 1 aromatic heterocycles. The van der Waals surface area contributed by atoms with Gasteiger partial charge in [0.05, 0.1) is 16.6 Å². The summed E-state index contributed by atoms with van der Waals surface area (Å²) in [6.45, 7) is 5.79. The third-order valence-corrected chi connectivity index (χ3v) is 5.93. The minimum Gasteiger partial charge on any atom is -0.323 e. The van der Waals surface area contributed by atoms with Gasteiger partial charge in [-0.2, -0.15) is 11.8 Å². The Hall–Kier alpha value is -1.94. The number of H-pyrrole nitrogens is 1. The van der Waals surface area contributed by atoms with Gasteiger partial charge in [0.1, 0.15) is 0 Å². The predicted octanol–water partition coefficient (Wildman–Crippen LogP) is 4.34. The fourth-order valence-electron chi connectivity index (χ4n) is 2.16. The van der Waals surface area contributed by atoms with Crippen molar-refractivity contribution in [3.8, 4) is 0 Å². The average molecular weight is 432 g/mol. The van der Waals surface area contributed by atoms with Gasteiger partial charge in [0, 0.05) is 11.8 Å². The molecule has 0 aliphatic carbocycles. The monoisotopic (exact) mass is 431 g/mol. The van der Waals surface area contributed by atoms with Crippen molar-refractivity contribution in [3.63, 3.8) is 0 Å².